The topological polar surface area (TPSA) is 119 Å². The van der Waals surface area contributed by atoms with Crippen LogP contribution in [0.1, 0.15) is 48.3 Å². The first-order chi connectivity index (χ1) is 20.2. The van der Waals surface area contributed by atoms with E-state index in [0.717, 1.165) is 6.26 Å². The fourth-order valence-electron chi connectivity index (χ4n) is 5.18. The Morgan fingerprint density at radius 2 is 1.44 bits per heavy atom. The van der Waals surface area contributed by atoms with Crippen LogP contribution in [0.25, 0.3) is 10.9 Å². The number of anilines is 2. The molecule has 3 aromatic carbocycles. The van der Waals surface area contributed by atoms with Crippen molar-refractivity contribution in [1.29, 1.82) is 0 Å². The molecule has 0 saturated heterocycles. The number of ether oxygens (including phenoxy) is 3. The van der Waals surface area contributed by atoms with Crippen molar-refractivity contribution in [2.45, 2.75) is 38.5 Å². The van der Waals surface area contributed by atoms with E-state index in [1.165, 1.54) is 26.4 Å². The standard InChI is InChI=1S/C30H32F3N3O6S/c1-6-29(7-2,20-13-24(41-4)17-25(14-20)42-30(31,32)33)19-11-22(15-23(12-19)40-3)34-28(37)27-10-18-8-9-21(16-26(18)35-27)36-43(5,38)39/h8-17,35-36H,6-7H2,1-5H3,(H,34,37). The number of hydrogen-bond acceptors (Lipinski definition) is 6. The lowest BCUT2D eigenvalue weighted by Crippen LogP contribution is -2.27. The van der Waals surface area contributed by atoms with E-state index in [2.05, 4.69) is 19.8 Å². The van der Waals surface area contributed by atoms with Crippen LogP contribution in [0, 0.1) is 0 Å². The number of benzene rings is 3. The van der Waals surface area contributed by atoms with Gasteiger partial charge in [0.1, 0.15) is 22.9 Å². The Morgan fingerprint density at radius 1 is 0.837 bits per heavy atom. The Morgan fingerprint density at radius 3 is 2.02 bits per heavy atom. The highest BCUT2D eigenvalue weighted by Gasteiger charge is 2.35. The summed E-state index contributed by atoms with van der Waals surface area (Å²) >= 11 is 0. The zero-order valence-corrected chi connectivity index (χ0v) is 25.0. The highest BCUT2D eigenvalue weighted by molar-refractivity contribution is 7.92. The molecule has 0 fully saturated rings. The van der Waals surface area contributed by atoms with Crippen molar-refractivity contribution in [3.63, 3.8) is 0 Å². The van der Waals surface area contributed by atoms with Crippen LogP contribution in [0.15, 0.2) is 60.7 Å². The molecule has 0 aliphatic carbocycles. The average Bonchev–Trinajstić information content (AvgIpc) is 3.36. The molecule has 43 heavy (non-hydrogen) atoms. The molecule has 0 aliphatic rings. The fraction of sp³-hybridized carbons (Fsp3) is 0.300. The van der Waals surface area contributed by atoms with E-state index >= 15 is 0 Å². The molecule has 0 spiro atoms. The Kier molecular flexibility index (Phi) is 8.86. The summed E-state index contributed by atoms with van der Waals surface area (Å²) in [5.74, 6) is -0.234. The molecule has 0 atom stereocenters. The molecule has 0 radical (unpaired) electrons. The van der Waals surface area contributed by atoms with Crippen LogP contribution in [-0.4, -0.2) is 46.1 Å². The molecular formula is C30H32F3N3O6S. The van der Waals surface area contributed by atoms with E-state index in [9.17, 15) is 26.4 Å². The van der Waals surface area contributed by atoms with Gasteiger partial charge in [-0.2, -0.15) is 0 Å². The number of rotatable bonds is 11. The number of halogens is 3. The average molecular weight is 620 g/mol. The van der Waals surface area contributed by atoms with E-state index < -0.39 is 33.5 Å². The van der Waals surface area contributed by atoms with Gasteiger partial charge in [0, 0.05) is 34.1 Å². The molecular weight excluding hydrogens is 587 g/mol. The first-order valence-electron chi connectivity index (χ1n) is 13.3. The van der Waals surface area contributed by atoms with Crippen LogP contribution in [-0.2, 0) is 15.4 Å². The summed E-state index contributed by atoms with van der Waals surface area (Å²) in [5.41, 5.74) is 1.97. The van der Waals surface area contributed by atoms with Crippen LogP contribution in [0.4, 0.5) is 24.5 Å². The van der Waals surface area contributed by atoms with Crippen LogP contribution >= 0.6 is 0 Å². The van der Waals surface area contributed by atoms with Crippen molar-refractivity contribution < 1.29 is 40.6 Å². The molecule has 0 saturated carbocycles. The Hall–Kier alpha value is -4.39. The van der Waals surface area contributed by atoms with Crippen molar-refractivity contribution in [2.75, 3.05) is 30.5 Å². The molecule has 0 aliphatic heterocycles. The highest BCUT2D eigenvalue weighted by atomic mass is 32.2. The van der Waals surface area contributed by atoms with Crippen molar-refractivity contribution >= 4 is 38.2 Å². The smallest absolute Gasteiger partial charge is 0.497 e. The summed E-state index contributed by atoms with van der Waals surface area (Å²) in [6, 6.07) is 15.9. The minimum absolute atomic E-state index is 0.202. The second kappa shape index (κ2) is 12.1. The zero-order chi connectivity index (χ0) is 31.6. The predicted molar refractivity (Wildman–Crippen MR) is 159 cm³/mol. The van der Waals surface area contributed by atoms with Gasteiger partial charge in [-0.25, -0.2) is 8.42 Å². The molecule has 13 heteroatoms. The number of aromatic amines is 1. The first-order valence-corrected chi connectivity index (χ1v) is 15.1. The lowest BCUT2D eigenvalue weighted by molar-refractivity contribution is -0.274. The summed E-state index contributed by atoms with van der Waals surface area (Å²) < 4.78 is 79.9. The zero-order valence-electron chi connectivity index (χ0n) is 24.2. The molecule has 4 rings (SSSR count). The van der Waals surface area contributed by atoms with Crippen molar-refractivity contribution in [3.8, 4) is 17.2 Å². The third-order valence-corrected chi connectivity index (χ3v) is 7.84. The van der Waals surface area contributed by atoms with Gasteiger partial charge in [-0.05, 0) is 66.4 Å². The van der Waals surface area contributed by atoms with Gasteiger partial charge in [-0.1, -0.05) is 19.9 Å². The molecule has 4 aromatic rings. The minimum atomic E-state index is -4.88. The van der Waals surface area contributed by atoms with Gasteiger partial charge in [-0.15, -0.1) is 13.2 Å². The number of sulfonamides is 1. The number of amides is 1. The summed E-state index contributed by atoms with van der Waals surface area (Å²) in [6.45, 7) is 3.84. The second-order valence-corrected chi connectivity index (χ2v) is 11.7. The number of fused-ring (bicyclic) bond motifs is 1. The molecule has 0 unspecified atom stereocenters. The molecule has 3 N–H and O–H groups in total. The van der Waals surface area contributed by atoms with Crippen LogP contribution in [0.3, 0.4) is 0 Å². The van der Waals surface area contributed by atoms with Crippen molar-refractivity contribution in [3.05, 3.63) is 77.5 Å². The van der Waals surface area contributed by atoms with Gasteiger partial charge < -0.3 is 24.5 Å². The maximum atomic E-state index is 13.3. The first kappa shape index (κ1) is 31.5. The summed E-state index contributed by atoms with van der Waals surface area (Å²) in [5, 5.41) is 3.56. The number of alkyl halides is 3. The van der Waals surface area contributed by atoms with E-state index in [-0.39, 0.29) is 11.4 Å². The third kappa shape index (κ3) is 7.34. The van der Waals surface area contributed by atoms with Crippen LogP contribution in [0.2, 0.25) is 0 Å². The van der Waals surface area contributed by atoms with Gasteiger partial charge >= 0.3 is 6.36 Å². The number of carbonyl (C=O) groups excluding carboxylic acids is 1. The Bertz CT molecular complexity index is 1750. The lowest BCUT2D eigenvalue weighted by Gasteiger charge is -2.34. The monoisotopic (exact) mass is 619 g/mol. The number of aromatic nitrogens is 1. The molecule has 230 valence electrons. The van der Waals surface area contributed by atoms with Crippen LogP contribution in [0.5, 0.6) is 17.2 Å². The normalized spacial score (nSPS) is 12.2. The SMILES string of the molecule is CCC(CC)(c1cc(NC(=O)c2cc3ccc(NS(C)(=O)=O)cc3[nH]2)cc(OC)c1)c1cc(OC)cc(OC(F)(F)F)c1. The molecule has 0 bridgehead atoms. The lowest BCUT2D eigenvalue weighted by atomic mass is 9.70. The number of H-pyrrole nitrogens is 1. The van der Waals surface area contributed by atoms with Gasteiger partial charge in [0.15, 0.2) is 0 Å². The number of methoxy groups -OCH3 is 2. The summed E-state index contributed by atoms with van der Waals surface area (Å²) in [6.07, 6.45) is -2.85. The largest absolute Gasteiger partial charge is 0.573 e. The van der Waals surface area contributed by atoms with Crippen LogP contribution < -0.4 is 24.2 Å². The van der Waals surface area contributed by atoms with Gasteiger partial charge in [0.2, 0.25) is 10.0 Å². The van der Waals surface area contributed by atoms with E-state index in [4.69, 9.17) is 9.47 Å². The quantitative estimate of drug-likeness (QED) is 0.170. The molecule has 1 heterocycles. The summed E-state index contributed by atoms with van der Waals surface area (Å²) in [4.78, 5) is 16.3. The van der Waals surface area contributed by atoms with Crippen molar-refractivity contribution in [2.24, 2.45) is 0 Å². The maximum Gasteiger partial charge on any atom is 0.573 e. The molecule has 9 nitrogen and oxygen atoms in total. The van der Waals surface area contributed by atoms with E-state index in [0.29, 0.717) is 52.0 Å². The van der Waals surface area contributed by atoms with Gasteiger partial charge in [0.25, 0.3) is 5.91 Å². The van der Waals surface area contributed by atoms with Gasteiger partial charge in [-0.3, -0.25) is 9.52 Å². The predicted octanol–water partition coefficient (Wildman–Crippen LogP) is 6.81. The molecule has 1 aromatic heterocycles. The number of nitrogens with one attached hydrogen (secondary N) is 3. The van der Waals surface area contributed by atoms with Gasteiger partial charge in [0.05, 0.1) is 26.2 Å². The number of hydrogen-bond donors (Lipinski definition) is 3. The van der Waals surface area contributed by atoms with Crippen molar-refractivity contribution in [1.82, 2.24) is 4.98 Å². The maximum absolute atomic E-state index is 13.3. The molecule has 1 amide bonds. The Balaban J connectivity index is 1.72. The van der Waals surface area contributed by atoms with E-state index in [1.54, 1.807) is 48.5 Å². The summed E-state index contributed by atoms with van der Waals surface area (Å²) in [7, 11) is -0.637. The fourth-order valence-corrected chi connectivity index (χ4v) is 5.74. The van der Waals surface area contributed by atoms with E-state index in [1.807, 2.05) is 13.8 Å². The minimum Gasteiger partial charge on any atom is -0.497 e. The highest BCUT2D eigenvalue weighted by Crippen LogP contribution is 2.44. The third-order valence-electron chi connectivity index (χ3n) is 7.23. The number of carbonyl (C=O) groups is 1. The Labute approximate surface area is 247 Å². The second-order valence-electron chi connectivity index (χ2n) is 10.00.